The minimum atomic E-state index is -0.952. The number of allylic oxidation sites excluding steroid dienone is 3. The topological polar surface area (TPSA) is 61.8 Å². The van der Waals surface area contributed by atoms with Crippen molar-refractivity contribution in [1.82, 2.24) is 0 Å². The predicted octanol–water partition coefficient (Wildman–Crippen LogP) is 8.42. The van der Waals surface area contributed by atoms with Crippen LogP contribution in [0.5, 0.6) is 0 Å². The molecule has 0 saturated carbocycles. The lowest BCUT2D eigenvalue weighted by molar-refractivity contribution is -0.168. The molecule has 0 spiro atoms. The van der Waals surface area contributed by atoms with Crippen LogP contribution < -0.4 is 0 Å². The van der Waals surface area contributed by atoms with Gasteiger partial charge in [-0.15, -0.1) is 0 Å². The number of unbranched alkanes of at least 4 members (excludes halogenated alkanes) is 12. The third-order valence-corrected chi connectivity index (χ3v) is 6.96. The van der Waals surface area contributed by atoms with Gasteiger partial charge in [0.25, 0.3) is 0 Å². The number of carbonyl (C=O) groups is 2. The smallest absolute Gasteiger partial charge is 0.334 e. The molecule has 1 heterocycles. The van der Waals surface area contributed by atoms with Gasteiger partial charge in [-0.05, 0) is 44.1 Å². The quantitative estimate of drug-likeness (QED) is 0.0696. The average molecular weight is 527 g/mol. The maximum absolute atomic E-state index is 12.6. The van der Waals surface area contributed by atoms with Crippen molar-refractivity contribution in [3.63, 3.8) is 0 Å². The predicted molar refractivity (Wildman–Crippen MR) is 154 cm³/mol. The Morgan fingerprint density at radius 1 is 0.868 bits per heavy atom. The Labute approximate surface area is 231 Å². The molecule has 1 aromatic rings. The van der Waals surface area contributed by atoms with Crippen molar-refractivity contribution in [2.24, 2.45) is 0 Å². The Balaban J connectivity index is 1.61. The van der Waals surface area contributed by atoms with Crippen molar-refractivity contribution in [2.75, 3.05) is 13.2 Å². The average Bonchev–Trinajstić information content (AvgIpc) is 3.23. The lowest BCUT2D eigenvalue weighted by Crippen LogP contribution is -2.40. The van der Waals surface area contributed by atoms with Gasteiger partial charge in [0.1, 0.15) is 6.61 Å². The van der Waals surface area contributed by atoms with Crippen molar-refractivity contribution in [1.29, 1.82) is 0 Å². The highest BCUT2D eigenvalue weighted by atomic mass is 16.6. The Morgan fingerprint density at radius 2 is 1.47 bits per heavy atom. The molecule has 2 rings (SSSR count). The fraction of sp³-hybridized carbons (Fsp3) is 0.636. The number of esters is 2. The van der Waals surface area contributed by atoms with Crippen LogP contribution in [0.4, 0.5) is 0 Å². The van der Waals surface area contributed by atoms with Crippen LogP contribution in [0.25, 0.3) is 0 Å². The second-order valence-electron chi connectivity index (χ2n) is 10.6. The Morgan fingerprint density at radius 3 is 2.11 bits per heavy atom. The molecule has 212 valence electrons. The van der Waals surface area contributed by atoms with Gasteiger partial charge in [0.05, 0.1) is 13.2 Å². The van der Waals surface area contributed by atoms with Crippen LogP contribution >= 0.6 is 0 Å². The van der Waals surface area contributed by atoms with Crippen LogP contribution in [0.2, 0.25) is 0 Å². The van der Waals surface area contributed by atoms with E-state index in [2.05, 4.69) is 19.1 Å². The zero-order chi connectivity index (χ0) is 27.3. The monoisotopic (exact) mass is 526 g/mol. The highest BCUT2D eigenvalue weighted by Crippen LogP contribution is 2.32. The molecule has 0 radical (unpaired) electrons. The number of hydrogen-bond acceptors (Lipinski definition) is 5. The number of benzene rings is 1. The summed E-state index contributed by atoms with van der Waals surface area (Å²) in [6.07, 6.45) is 24.5. The number of cyclic esters (lactones) is 1. The standard InChI is InChI=1S/C33H50O5/c1-3-4-5-6-7-8-9-10-11-12-13-14-15-16-17-21-24-31-25-33(38-32(31)35,28-37-29(2)34)27-36-26-30-22-19-18-20-23-30/h10-11,18-20,22-24H,3-9,12-17,21,25-28H2,1-2H3/b11-10-,31-24-/t33-/m1/s1. The number of hydrogen-bond donors (Lipinski definition) is 0. The lowest BCUT2D eigenvalue weighted by Gasteiger charge is -2.26. The molecule has 0 aliphatic carbocycles. The summed E-state index contributed by atoms with van der Waals surface area (Å²) in [5.74, 6) is -0.720. The van der Waals surface area contributed by atoms with Crippen LogP contribution in [-0.4, -0.2) is 30.8 Å². The summed E-state index contributed by atoms with van der Waals surface area (Å²) in [6, 6.07) is 9.84. The third-order valence-electron chi connectivity index (χ3n) is 6.96. The minimum absolute atomic E-state index is 0.00755. The first-order valence-corrected chi connectivity index (χ1v) is 14.9. The van der Waals surface area contributed by atoms with Crippen LogP contribution in [0.3, 0.4) is 0 Å². The summed E-state index contributed by atoms with van der Waals surface area (Å²) in [4.78, 5) is 24.0. The fourth-order valence-electron chi connectivity index (χ4n) is 4.73. The van der Waals surface area contributed by atoms with Crippen molar-refractivity contribution < 1.29 is 23.8 Å². The molecule has 0 aromatic heterocycles. The molecular weight excluding hydrogens is 476 g/mol. The van der Waals surface area contributed by atoms with E-state index in [9.17, 15) is 9.59 Å². The van der Waals surface area contributed by atoms with E-state index in [4.69, 9.17) is 14.2 Å². The SMILES string of the molecule is CCCCCCCC/C=C\CCCCCCC/C=C1/C[C@@](COCc2ccccc2)(COC(C)=O)OC1=O. The van der Waals surface area contributed by atoms with Crippen molar-refractivity contribution in [3.8, 4) is 0 Å². The third kappa shape index (κ3) is 13.9. The Bertz CT molecular complexity index is 844. The molecule has 38 heavy (non-hydrogen) atoms. The molecule has 0 N–H and O–H groups in total. The first-order chi connectivity index (χ1) is 18.5. The van der Waals surface area contributed by atoms with E-state index in [0.717, 1.165) is 18.4 Å². The van der Waals surface area contributed by atoms with Crippen LogP contribution in [0.15, 0.2) is 54.1 Å². The molecule has 1 aliphatic rings. The van der Waals surface area contributed by atoms with Gasteiger partial charge in [-0.25, -0.2) is 4.79 Å². The molecule has 1 aromatic carbocycles. The van der Waals surface area contributed by atoms with Gasteiger partial charge in [-0.3, -0.25) is 4.79 Å². The normalized spacial score (nSPS) is 18.4. The number of carbonyl (C=O) groups excluding carboxylic acids is 2. The zero-order valence-electron chi connectivity index (χ0n) is 23.9. The van der Waals surface area contributed by atoms with Gasteiger partial charge in [0.2, 0.25) is 0 Å². The molecule has 1 fully saturated rings. The summed E-state index contributed by atoms with van der Waals surface area (Å²) in [5, 5.41) is 0. The summed E-state index contributed by atoms with van der Waals surface area (Å²) in [5.41, 5.74) is 0.752. The van der Waals surface area contributed by atoms with Gasteiger partial charge < -0.3 is 14.2 Å². The van der Waals surface area contributed by atoms with Gasteiger partial charge in [0.15, 0.2) is 5.60 Å². The fourth-order valence-corrected chi connectivity index (χ4v) is 4.73. The lowest BCUT2D eigenvalue weighted by atomic mass is 9.98. The Hall–Kier alpha value is -2.40. The van der Waals surface area contributed by atoms with E-state index in [1.807, 2.05) is 36.4 Å². The van der Waals surface area contributed by atoms with Crippen LogP contribution in [-0.2, 0) is 30.4 Å². The van der Waals surface area contributed by atoms with Crippen LogP contribution in [0, 0.1) is 0 Å². The molecule has 5 heteroatoms. The van der Waals surface area contributed by atoms with Crippen molar-refractivity contribution in [2.45, 2.75) is 122 Å². The summed E-state index contributed by atoms with van der Waals surface area (Å²) < 4.78 is 16.8. The molecule has 1 saturated heterocycles. The number of rotatable bonds is 21. The molecule has 1 atom stereocenters. The van der Waals surface area contributed by atoms with E-state index in [1.54, 1.807) is 0 Å². The van der Waals surface area contributed by atoms with E-state index < -0.39 is 11.6 Å². The van der Waals surface area contributed by atoms with Crippen molar-refractivity contribution >= 4 is 11.9 Å². The summed E-state index contributed by atoms with van der Waals surface area (Å²) in [6.45, 7) is 4.23. The first-order valence-electron chi connectivity index (χ1n) is 14.9. The van der Waals surface area contributed by atoms with Crippen molar-refractivity contribution in [3.05, 3.63) is 59.7 Å². The van der Waals surface area contributed by atoms with Gasteiger partial charge in [-0.2, -0.15) is 0 Å². The van der Waals surface area contributed by atoms with Gasteiger partial charge in [0, 0.05) is 18.9 Å². The summed E-state index contributed by atoms with van der Waals surface area (Å²) >= 11 is 0. The minimum Gasteiger partial charge on any atom is -0.462 e. The molecule has 0 amide bonds. The molecule has 1 aliphatic heterocycles. The molecule has 0 bridgehead atoms. The molecule has 5 nitrogen and oxygen atoms in total. The second-order valence-corrected chi connectivity index (χ2v) is 10.6. The second kappa shape index (κ2) is 19.6. The highest BCUT2D eigenvalue weighted by Gasteiger charge is 2.45. The van der Waals surface area contributed by atoms with E-state index in [0.29, 0.717) is 18.6 Å². The maximum Gasteiger partial charge on any atom is 0.334 e. The Kier molecular flexibility index (Phi) is 16.4. The molecular formula is C33H50O5. The van der Waals surface area contributed by atoms with E-state index in [-0.39, 0.29) is 19.2 Å². The number of ether oxygens (including phenoxy) is 3. The highest BCUT2D eigenvalue weighted by molar-refractivity contribution is 5.91. The largest absolute Gasteiger partial charge is 0.462 e. The maximum atomic E-state index is 12.6. The van der Waals surface area contributed by atoms with Crippen LogP contribution in [0.1, 0.15) is 116 Å². The zero-order valence-corrected chi connectivity index (χ0v) is 23.9. The first kappa shape index (κ1) is 31.8. The molecule has 0 unspecified atom stereocenters. The van der Waals surface area contributed by atoms with E-state index >= 15 is 0 Å². The van der Waals surface area contributed by atoms with Gasteiger partial charge in [-0.1, -0.05) is 107 Å². The van der Waals surface area contributed by atoms with Gasteiger partial charge >= 0.3 is 11.9 Å². The summed E-state index contributed by atoms with van der Waals surface area (Å²) in [7, 11) is 0. The van der Waals surface area contributed by atoms with E-state index in [1.165, 1.54) is 84.0 Å².